The minimum absolute atomic E-state index is 0.407. The van der Waals surface area contributed by atoms with E-state index in [9.17, 15) is 5.11 Å². The molecule has 2 heteroatoms. The summed E-state index contributed by atoms with van der Waals surface area (Å²) in [7, 11) is 0. The van der Waals surface area contributed by atoms with Gasteiger partial charge in [-0.1, -0.05) is 18.7 Å². The molecule has 2 nitrogen and oxygen atoms in total. The van der Waals surface area contributed by atoms with Gasteiger partial charge in [0.1, 0.15) is 5.75 Å². The predicted molar refractivity (Wildman–Crippen MR) is 58.4 cm³/mol. The molecule has 74 valence electrons. The van der Waals surface area contributed by atoms with Gasteiger partial charge in [-0.3, -0.25) is 0 Å². The van der Waals surface area contributed by atoms with Gasteiger partial charge in [-0.2, -0.15) is 0 Å². The molecule has 0 aliphatic carbocycles. The standard InChI is InChI=1S/C12H15NO/c1-2-9-3-4-12(14)11(7-9)10-5-6-13-8-10/h2-4,7,10,13-14H,1,5-6,8H2. The lowest BCUT2D eigenvalue weighted by Crippen LogP contribution is -2.08. The van der Waals surface area contributed by atoms with Crippen LogP contribution in [0.4, 0.5) is 0 Å². The molecule has 1 heterocycles. The van der Waals surface area contributed by atoms with Gasteiger partial charge in [0.2, 0.25) is 0 Å². The number of aromatic hydroxyl groups is 1. The van der Waals surface area contributed by atoms with E-state index in [1.807, 2.05) is 18.2 Å². The van der Waals surface area contributed by atoms with Crippen LogP contribution < -0.4 is 5.32 Å². The molecule has 0 amide bonds. The Morgan fingerprint density at radius 3 is 3.00 bits per heavy atom. The van der Waals surface area contributed by atoms with Crippen LogP contribution >= 0.6 is 0 Å². The molecule has 1 unspecified atom stereocenters. The number of rotatable bonds is 2. The highest BCUT2D eigenvalue weighted by atomic mass is 16.3. The second kappa shape index (κ2) is 3.84. The first-order chi connectivity index (χ1) is 6.81. The van der Waals surface area contributed by atoms with Gasteiger partial charge in [0.05, 0.1) is 0 Å². The number of phenolic OH excluding ortho intramolecular Hbond substituents is 1. The van der Waals surface area contributed by atoms with Crippen LogP contribution in [0.15, 0.2) is 24.8 Å². The number of hydrogen-bond donors (Lipinski definition) is 2. The monoisotopic (exact) mass is 189 g/mol. The van der Waals surface area contributed by atoms with Gasteiger partial charge in [0.15, 0.2) is 0 Å². The number of benzene rings is 1. The third kappa shape index (κ3) is 1.66. The molecule has 0 aromatic heterocycles. The van der Waals surface area contributed by atoms with Crippen molar-refractivity contribution in [2.45, 2.75) is 12.3 Å². The zero-order valence-corrected chi connectivity index (χ0v) is 8.16. The van der Waals surface area contributed by atoms with Crippen molar-refractivity contribution in [3.05, 3.63) is 35.9 Å². The average Bonchev–Trinajstić information content (AvgIpc) is 2.71. The average molecular weight is 189 g/mol. The fraction of sp³-hybridized carbons (Fsp3) is 0.333. The Hall–Kier alpha value is -1.28. The smallest absolute Gasteiger partial charge is 0.119 e. The molecule has 14 heavy (non-hydrogen) atoms. The summed E-state index contributed by atoms with van der Waals surface area (Å²) in [4.78, 5) is 0. The lowest BCUT2D eigenvalue weighted by Gasteiger charge is -2.11. The Morgan fingerprint density at radius 1 is 1.50 bits per heavy atom. The first-order valence-electron chi connectivity index (χ1n) is 4.97. The quantitative estimate of drug-likeness (QED) is 0.746. The Kier molecular flexibility index (Phi) is 2.55. The maximum Gasteiger partial charge on any atom is 0.119 e. The summed E-state index contributed by atoms with van der Waals surface area (Å²) < 4.78 is 0. The summed E-state index contributed by atoms with van der Waals surface area (Å²) in [6.07, 6.45) is 2.92. The highest BCUT2D eigenvalue weighted by molar-refractivity contribution is 5.52. The van der Waals surface area contributed by atoms with E-state index >= 15 is 0 Å². The topological polar surface area (TPSA) is 32.3 Å². The van der Waals surface area contributed by atoms with E-state index in [1.54, 1.807) is 6.07 Å². The molecule has 1 atom stereocenters. The van der Waals surface area contributed by atoms with E-state index in [0.29, 0.717) is 11.7 Å². The van der Waals surface area contributed by atoms with Crippen molar-refractivity contribution in [3.8, 4) is 5.75 Å². The van der Waals surface area contributed by atoms with Crippen molar-refractivity contribution < 1.29 is 5.11 Å². The van der Waals surface area contributed by atoms with Crippen LogP contribution in [-0.2, 0) is 0 Å². The molecule has 1 aliphatic heterocycles. The van der Waals surface area contributed by atoms with E-state index in [4.69, 9.17) is 0 Å². The van der Waals surface area contributed by atoms with E-state index < -0.39 is 0 Å². The summed E-state index contributed by atoms with van der Waals surface area (Å²) in [5.74, 6) is 0.860. The second-order valence-electron chi connectivity index (χ2n) is 3.71. The summed E-state index contributed by atoms with van der Waals surface area (Å²) in [6.45, 7) is 5.74. The van der Waals surface area contributed by atoms with Crippen LogP contribution in [0.1, 0.15) is 23.5 Å². The molecule has 0 saturated carbocycles. The highest BCUT2D eigenvalue weighted by Gasteiger charge is 2.19. The zero-order valence-electron chi connectivity index (χ0n) is 8.16. The maximum atomic E-state index is 9.73. The molecule has 0 bridgehead atoms. The lowest BCUT2D eigenvalue weighted by molar-refractivity contribution is 0.462. The van der Waals surface area contributed by atoms with Crippen molar-refractivity contribution in [1.82, 2.24) is 5.32 Å². The first kappa shape index (κ1) is 9.28. The van der Waals surface area contributed by atoms with E-state index in [2.05, 4.69) is 11.9 Å². The molecule has 2 N–H and O–H groups in total. The van der Waals surface area contributed by atoms with Gasteiger partial charge < -0.3 is 10.4 Å². The second-order valence-corrected chi connectivity index (χ2v) is 3.71. The Labute approximate surface area is 84.3 Å². The van der Waals surface area contributed by atoms with Crippen LogP contribution in [-0.4, -0.2) is 18.2 Å². The van der Waals surface area contributed by atoms with Gasteiger partial charge in [-0.25, -0.2) is 0 Å². The zero-order chi connectivity index (χ0) is 9.97. The largest absolute Gasteiger partial charge is 0.508 e. The summed E-state index contributed by atoms with van der Waals surface area (Å²) in [6, 6.07) is 5.67. The van der Waals surface area contributed by atoms with Crippen LogP contribution in [0.2, 0.25) is 0 Å². The lowest BCUT2D eigenvalue weighted by atomic mass is 9.95. The molecule has 1 aromatic rings. The highest BCUT2D eigenvalue weighted by Crippen LogP contribution is 2.30. The number of phenols is 1. The van der Waals surface area contributed by atoms with E-state index in [-0.39, 0.29) is 0 Å². The van der Waals surface area contributed by atoms with E-state index in [1.165, 1.54) is 0 Å². The Bertz CT molecular complexity index is 340. The van der Waals surface area contributed by atoms with Crippen molar-refractivity contribution in [3.63, 3.8) is 0 Å². The van der Waals surface area contributed by atoms with Crippen LogP contribution in [0.5, 0.6) is 5.75 Å². The molecular formula is C12H15NO. The minimum atomic E-state index is 0.407. The summed E-state index contributed by atoms with van der Waals surface area (Å²) >= 11 is 0. The van der Waals surface area contributed by atoms with Crippen molar-refractivity contribution >= 4 is 6.08 Å². The van der Waals surface area contributed by atoms with Gasteiger partial charge in [0, 0.05) is 12.5 Å². The first-order valence-corrected chi connectivity index (χ1v) is 4.97. The van der Waals surface area contributed by atoms with Crippen molar-refractivity contribution in [2.75, 3.05) is 13.1 Å². The molecular weight excluding hydrogens is 174 g/mol. The van der Waals surface area contributed by atoms with Crippen molar-refractivity contribution in [2.24, 2.45) is 0 Å². The molecule has 1 aromatic carbocycles. The SMILES string of the molecule is C=Cc1ccc(O)c(C2CCNC2)c1. The minimum Gasteiger partial charge on any atom is -0.508 e. The molecule has 2 rings (SSSR count). The number of nitrogens with one attached hydrogen (secondary N) is 1. The molecule has 0 spiro atoms. The molecule has 1 saturated heterocycles. The number of hydrogen-bond acceptors (Lipinski definition) is 2. The van der Waals surface area contributed by atoms with Crippen LogP contribution in [0, 0.1) is 0 Å². The van der Waals surface area contributed by atoms with Gasteiger partial charge in [0.25, 0.3) is 0 Å². The van der Waals surface area contributed by atoms with Crippen molar-refractivity contribution in [1.29, 1.82) is 0 Å². The van der Waals surface area contributed by atoms with Crippen LogP contribution in [0.25, 0.3) is 6.08 Å². The van der Waals surface area contributed by atoms with Gasteiger partial charge in [-0.05, 0) is 36.2 Å². The fourth-order valence-corrected chi connectivity index (χ4v) is 1.95. The molecule has 1 fully saturated rings. The van der Waals surface area contributed by atoms with Gasteiger partial charge >= 0.3 is 0 Å². The fourth-order valence-electron chi connectivity index (χ4n) is 1.95. The summed E-state index contributed by atoms with van der Waals surface area (Å²) in [5, 5.41) is 13.0. The van der Waals surface area contributed by atoms with Gasteiger partial charge in [-0.15, -0.1) is 0 Å². The normalized spacial score (nSPS) is 21.0. The predicted octanol–water partition coefficient (Wildman–Crippen LogP) is 2.11. The molecule has 1 aliphatic rings. The molecule has 0 radical (unpaired) electrons. The third-order valence-corrected chi connectivity index (χ3v) is 2.79. The maximum absolute atomic E-state index is 9.73. The van der Waals surface area contributed by atoms with E-state index in [0.717, 1.165) is 30.6 Å². The Balaban J connectivity index is 2.34. The summed E-state index contributed by atoms with van der Waals surface area (Å²) in [5.41, 5.74) is 2.12. The Morgan fingerprint density at radius 2 is 2.36 bits per heavy atom. The van der Waals surface area contributed by atoms with Crippen LogP contribution in [0.3, 0.4) is 0 Å². The third-order valence-electron chi connectivity index (χ3n) is 2.79.